The van der Waals surface area contributed by atoms with Crippen LogP contribution in [-0.4, -0.2) is 26.0 Å². The number of nitrogens with zero attached hydrogens (tertiary/aromatic N) is 4. The molecule has 6 nitrogen and oxygen atoms in total. The predicted molar refractivity (Wildman–Crippen MR) is 104 cm³/mol. The third-order valence-corrected chi connectivity index (χ3v) is 6.31. The van der Waals surface area contributed by atoms with Gasteiger partial charge in [-0.2, -0.15) is 10.2 Å². The van der Waals surface area contributed by atoms with Gasteiger partial charge >= 0.3 is 0 Å². The Hall–Kier alpha value is -2.24. The van der Waals surface area contributed by atoms with Crippen molar-refractivity contribution in [1.82, 2.24) is 20.0 Å². The van der Waals surface area contributed by atoms with E-state index in [2.05, 4.69) is 27.6 Å². The number of nitrogens with one attached hydrogen (secondary N) is 1. The van der Waals surface area contributed by atoms with Crippen LogP contribution in [0.2, 0.25) is 0 Å². The summed E-state index contributed by atoms with van der Waals surface area (Å²) in [5.74, 6) is 1.51. The van der Waals surface area contributed by atoms with Gasteiger partial charge in [-0.3, -0.25) is 4.79 Å². The lowest BCUT2D eigenvalue weighted by Gasteiger charge is -2.30. The van der Waals surface area contributed by atoms with E-state index in [4.69, 9.17) is 5.10 Å². The van der Waals surface area contributed by atoms with E-state index in [9.17, 15) is 4.79 Å². The topological polar surface area (TPSA) is 72.7 Å². The van der Waals surface area contributed by atoms with Crippen molar-refractivity contribution in [3.8, 4) is 0 Å². The van der Waals surface area contributed by atoms with Gasteiger partial charge in [0, 0.05) is 18.0 Å². The molecule has 2 fully saturated rings. The van der Waals surface area contributed by atoms with Gasteiger partial charge in [-0.1, -0.05) is 0 Å². The number of anilines is 1. The first-order valence-corrected chi connectivity index (χ1v) is 10.5. The van der Waals surface area contributed by atoms with Crippen molar-refractivity contribution in [2.45, 2.75) is 82.2 Å². The van der Waals surface area contributed by atoms with Crippen LogP contribution in [0.25, 0.3) is 0 Å². The second-order valence-electron chi connectivity index (χ2n) is 8.37. The SMILES string of the molecule is O=c1cc2c(nn1C1CCC(Nc3ccc(C4CC4)nn3)CC1)CCCC2. The highest BCUT2D eigenvalue weighted by Crippen LogP contribution is 2.38. The van der Waals surface area contributed by atoms with Crippen LogP contribution in [0.15, 0.2) is 23.0 Å². The molecule has 0 unspecified atom stereocenters. The van der Waals surface area contributed by atoms with Gasteiger partial charge in [-0.15, -0.1) is 5.10 Å². The number of aromatic nitrogens is 4. The van der Waals surface area contributed by atoms with Crippen LogP contribution < -0.4 is 10.9 Å². The molecule has 3 aliphatic rings. The van der Waals surface area contributed by atoms with E-state index in [0.717, 1.165) is 55.7 Å². The van der Waals surface area contributed by atoms with E-state index >= 15 is 0 Å². The van der Waals surface area contributed by atoms with Gasteiger partial charge in [0.25, 0.3) is 5.56 Å². The van der Waals surface area contributed by atoms with Crippen LogP contribution in [0, 0.1) is 0 Å². The summed E-state index contributed by atoms with van der Waals surface area (Å²) in [4.78, 5) is 12.5. The molecule has 142 valence electrons. The summed E-state index contributed by atoms with van der Waals surface area (Å²) in [6.07, 6.45) is 10.9. The third-order valence-electron chi connectivity index (χ3n) is 6.31. The Kier molecular flexibility index (Phi) is 4.42. The average Bonchev–Trinajstić information content (AvgIpc) is 3.54. The normalized spacial score (nSPS) is 25.0. The van der Waals surface area contributed by atoms with Crippen molar-refractivity contribution < 1.29 is 0 Å². The first kappa shape index (κ1) is 16.9. The highest BCUT2D eigenvalue weighted by Gasteiger charge is 2.27. The Morgan fingerprint density at radius 1 is 0.963 bits per heavy atom. The highest BCUT2D eigenvalue weighted by atomic mass is 16.1. The van der Waals surface area contributed by atoms with E-state index in [-0.39, 0.29) is 11.6 Å². The third kappa shape index (κ3) is 3.62. The minimum absolute atomic E-state index is 0.0774. The molecule has 0 radical (unpaired) electrons. The van der Waals surface area contributed by atoms with E-state index in [1.807, 2.05) is 6.07 Å². The lowest BCUT2D eigenvalue weighted by molar-refractivity contribution is 0.300. The maximum atomic E-state index is 12.5. The summed E-state index contributed by atoms with van der Waals surface area (Å²) < 4.78 is 1.77. The zero-order valence-electron chi connectivity index (χ0n) is 15.7. The summed E-state index contributed by atoms with van der Waals surface area (Å²) in [6, 6.07) is 6.63. The minimum Gasteiger partial charge on any atom is -0.366 e. The van der Waals surface area contributed by atoms with E-state index in [0.29, 0.717) is 12.0 Å². The molecule has 2 aromatic heterocycles. The van der Waals surface area contributed by atoms with Crippen LogP contribution in [0.3, 0.4) is 0 Å². The monoisotopic (exact) mass is 365 g/mol. The lowest BCUT2D eigenvalue weighted by Crippen LogP contribution is -2.34. The molecule has 1 N–H and O–H groups in total. The smallest absolute Gasteiger partial charge is 0.267 e. The minimum atomic E-state index is 0.0774. The molecule has 0 saturated heterocycles. The number of hydrogen-bond acceptors (Lipinski definition) is 5. The first-order chi connectivity index (χ1) is 13.3. The van der Waals surface area contributed by atoms with Gasteiger partial charge in [-0.05, 0) is 81.9 Å². The number of hydrogen-bond donors (Lipinski definition) is 1. The molecule has 3 aliphatic carbocycles. The molecule has 0 atom stereocenters. The van der Waals surface area contributed by atoms with Gasteiger partial charge in [0.2, 0.25) is 0 Å². The van der Waals surface area contributed by atoms with Crippen LogP contribution >= 0.6 is 0 Å². The fraction of sp³-hybridized carbons (Fsp3) is 0.619. The van der Waals surface area contributed by atoms with Crippen molar-refractivity contribution in [3.63, 3.8) is 0 Å². The van der Waals surface area contributed by atoms with Crippen molar-refractivity contribution >= 4 is 5.82 Å². The van der Waals surface area contributed by atoms with Crippen LogP contribution in [0.4, 0.5) is 5.82 Å². The van der Waals surface area contributed by atoms with Crippen LogP contribution in [0.1, 0.15) is 80.3 Å². The Bertz CT molecular complexity index is 863. The summed E-state index contributed by atoms with van der Waals surface area (Å²) in [5.41, 5.74) is 3.52. The van der Waals surface area contributed by atoms with Crippen LogP contribution in [0.5, 0.6) is 0 Å². The molecule has 0 spiro atoms. The molecule has 5 rings (SSSR count). The molecular weight excluding hydrogens is 338 g/mol. The Morgan fingerprint density at radius 2 is 1.78 bits per heavy atom. The van der Waals surface area contributed by atoms with Gasteiger partial charge in [0.15, 0.2) is 0 Å². The molecular formula is C21H27N5O. The van der Waals surface area contributed by atoms with Crippen LogP contribution in [-0.2, 0) is 12.8 Å². The molecule has 27 heavy (non-hydrogen) atoms. The quantitative estimate of drug-likeness (QED) is 0.899. The maximum Gasteiger partial charge on any atom is 0.267 e. The second kappa shape index (κ2) is 7.06. The molecule has 6 heteroatoms. The summed E-state index contributed by atoms with van der Waals surface area (Å²) in [6.45, 7) is 0. The van der Waals surface area contributed by atoms with Crippen molar-refractivity contribution in [2.75, 3.05) is 5.32 Å². The molecule has 2 aromatic rings. The number of aryl methyl sites for hydroxylation is 2. The van der Waals surface area contributed by atoms with Gasteiger partial charge in [0.1, 0.15) is 5.82 Å². The van der Waals surface area contributed by atoms with E-state index in [1.165, 1.54) is 31.2 Å². The number of rotatable bonds is 4. The molecule has 0 amide bonds. The van der Waals surface area contributed by atoms with Gasteiger partial charge in [-0.25, -0.2) is 4.68 Å². The largest absolute Gasteiger partial charge is 0.366 e. The second-order valence-corrected chi connectivity index (χ2v) is 8.37. The summed E-state index contributed by atoms with van der Waals surface area (Å²) >= 11 is 0. The fourth-order valence-corrected chi connectivity index (χ4v) is 4.53. The Balaban J connectivity index is 1.22. The van der Waals surface area contributed by atoms with Crippen molar-refractivity contribution in [1.29, 1.82) is 0 Å². The Morgan fingerprint density at radius 3 is 2.52 bits per heavy atom. The molecule has 0 bridgehead atoms. The highest BCUT2D eigenvalue weighted by molar-refractivity contribution is 5.35. The van der Waals surface area contributed by atoms with E-state index in [1.54, 1.807) is 4.68 Å². The lowest BCUT2D eigenvalue weighted by atomic mass is 9.91. The van der Waals surface area contributed by atoms with Crippen molar-refractivity contribution in [2.24, 2.45) is 0 Å². The first-order valence-electron chi connectivity index (χ1n) is 10.5. The van der Waals surface area contributed by atoms with E-state index < -0.39 is 0 Å². The zero-order chi connectivity index (χ0) is 18.2. The molecule has 0 aromatic carbocycles. The molecule has 2 heterocycles. The predicted octanol–water partition coefficient (Wildman–Crippen LogP) is 3.39. The van der Waals surface area contributed by atoms with Crippen molar-refractivity contribution in [3.05, 3.63) is 45.5 Å². The summed E-state index contributed by atoms with van der Waals surface area (Å²) in [5, 5.41) is 17.0. The van der Waals surface area contributed by atoms with Gasteiger partial charge < -0.3 is 5.32 Å². The Labute approximate surface area is 159 Å². The number of fused-ring (bicyclic) bond motifs is 1. The molecule has 2 saturated carbocycles. The fourth-order valence-electron chi connectivity index (χ4n) is 4.53. The molecule has 0 aliphatic heterocycles. The standard InChI is InChI=1S/C21H27N5O/c27-21-13-15-3-1-2-4-19(15)25-26(21)17-9-7-16(8-10-17)22-20-12-11-18(23-24-20)14-5-6-14/h11-14,16-17H,1-10H2,(H,22,24). The maximum absolute atomic E-state index is 12.5. The van der Waals surface area contributed by atoms with Gasteiger partial charge in [0.05, 0.1) is 17.4 Å². The average molecular weight is 365 g/mol. The summed E-state index contributed by atoms with van der Waals surface area (Å²) in [7, 11) is 0. The zero-order valence-corrected chi connectivity index (χ0v) is 15.7.